The number of rotatable bonds is 5. The van der Waals surface area contributed by atoms with Crippen molar-refractivity contribution in [1.82, 2.24) is 0 Å². The summed E-state index contributed by atoms with van der Waals surface area (Å²) in [5.74, 6) is 0. The van der Waals surface area contributed by atoms with Crippen molar-refractivity contribution in [3.8, 4) is 0 Å². The third-order valence-electron chi connectivity index (χ3n) is 1.18. The molecule has 1 atom stereocenters. The van der Waals surface area contributed by atoms with Crippen LogP contribution in [0.4, 0.5) is 0 Å². The van der Waals surface area contributed by atoms with Crippen molar-refractivity contribution in [3.63, 3.8) is 0 Å². The maximum atomic E-state index is 10.6. The van der Waals surface area contributed by atoms with Crippen LogP contribution in [0.3, 0.4) is 0 Å². The van der Waals surface area contributed by atoms with E-state index >= 15 is 0 Å². The first-order valence-electron chi connectivity index (χ1n) is 3.95. The molecular formula is C8H16O2S. The highest BCUT2D eigenvalue weighted by Crippen LogP contribution is 2.12. The Morgan fingerprint density at radius 2 is 2.27 bits per heavy atom. The third-order valence-corrected chi connectivity index (χ3v) is 1.98. The zero-order valence-corrected chi connectivity index (χ0v) is 8.24. The first kappa shape index (κ1) is 11.0. The molecule has 0 saturated heterocycles. The van der Waals surface area contributed by atoms with Crippen molar-refractivity contribution in [2.75, 3.05) is 6.61 Å². The average Bonchev–Trinajstić information content (AvgIpc) is 1.86. The van der Waals surface area contributed by atoms with Gasteiger partial charge < -0.3 is 4.74 Å². The van der Waals surface area contributed by atoms with Crippen LogP contribution in [-0.2, 0) is 9.53 Å². The fraction of sp³-hybridized carbons (Fsp3) is 0.875. The Labute approximate surface area is 72.7 Å². The van der Waals surface area contributed by atoms with Crippen LogP contribution in [0.25, 0.3) is 0 Å². The zero-order chi connectivity index (χ0) is 8.69. The molecule has 0 aromatic heterocycles. The van der Waals surface area contributed by atoms with Crippen molar-refractivity contribution in [2.24, 2.45) is 0 Å². The highest BCUT2D eigenvalue weighted by molar-refractivity contribution is 8.13. The number of hydrogen-bond acceptors (Lipinski definition) is 3. The summed E-state index contributed by atoms with van der Waals surface area (Å²) >= 11 is 1.24. The van der Waals surface area contributed by atoms with Crippen LogP contribution in [0.1, 0.15) is 33.6 Å². The van der Waals surface area contributed by atoms with Crippen molar-refractivity contribution >= 4 is 16.9 Å². The molecule has 0 radical (unpaired) electrons. The lowest BCUT2D eigenvalue weighted by Crippen LogP contribution is -2.06. The molecule has 0 rings (SSSR count). The number of hydrogen-bond donors (Lipinski definition) is 0. The summed E-state index contributed by atoms with van der Waals surface area (Å²) in [5, 5.41) is 0.119. The van der Waals surface area contributed by atoms with Crippen LogP contribution in [0, 0.1) is 0 Å². The Balaban J connectivity index is 3.22. The molecule has 0 unspecified atom stereocenters. The van der Waals surface area contributed by atoms with Crippen molar-refractivity contribution < 1.29 is 9.53 Å². The molecule has 11 heavy (non-hydrogen) atoms. The predicted octanol–water partition coefficient (Wildman–Crippen LogP) is 2.43. The normalized spacial score (nSPS) is 13.0. The van der Waals surface area contributed by atoms with Gasteiger partial charge in [0.25, 0.3) is 0 Å². The highest BCUT2D eigenvalue weighted by Gasteiger charge is 2.04. The summed E-state index contributed by atoms with van der Waals surface area (Å²) in [6.45, 7) is 6.34. The quantitative estimate of drug-likeness (QED) is 0.475. The van der Waals surface area contributed by atoms with Crippen LogP contribution in [0.2, 0.25) is 0 Å². The van der Waals surface area contributed by atoms with E-state index in [-0.39, 0.29) is 10.6 Å². The molecule has 0 aromatic carbocycles. The Morgan fingerprint density at radius 1 is 1.64 bits per heavy atom. The predicted molar refractivity (Wildman–Crippen MR) is 48.6 cm³/mol. The number of unbranched alkanes of at least 4 members (excludes halogenated alkanes) is 1. The van der Waals surface area contributed by atoms with E-state index in [9.17, 15) is 4.79 Å². The van der Waals surface area contributed by atoms with E-state index in [1.54, 1.807) is 6.92 Å². The fourth-order valence-electron chi connectivity index (χ4n) is 0.661. The van der Waals surface area contributed by atoms with Crippen molar-refractivity contribution in [1.29, 1.82) is 0 Å². The first-order chi connectivity index (χ1) is 5.16. The van der Waals surface area contributed by atoms with Gasteiger partial charge in [-0.15, -0.1) is 0 Å². The summed E-state index contributed by atoms with van der Waals surface area (Å²) in [4.78, 5) is 10.6. The van der Waals surface area contributed by atoms with Crippen molar-refractivity contribution in [2.45, 2.75) is 39.0 Å². The number of carbonyl (C=O) groups is 1. The minimum Gasteiger partial charge on any atom is -0.367 e. The van der Waals surface area contributed by atoms with Crippen molar-refractivity contribution in [3.05, 3.63) is 0 Å². The monoisotopic (exact) mass is 176 g/mol. The number of carbonyl (C=O) groups excluding carboxylic acids is 1. The lowest BCUT2D eigenvalue weighted by Gasteiger charge is -2.09. The van der Waals surface area contributed by atoms with E-state index in [1.165, 1.54) is 11.8 Å². The Bertz CT molecular complexity index is 115. The van der Waals surface area contributed by atoms with Gasteiger partial charge >= 0.3 is 0 Å². The van der Waals surface area contributed by atoms with Gasteiger partial charge in [0, 0.05) is 13.5 Å². The number of ether oxygens (including phenoxy) is 1. The Morgan fingerprint density at radius 3 is 2.73 bits per heavy atom. The largest absolute Gasteiger partial charge is 0.367 e. The Hall–Kier alpha value is -0.0200. The molecule has 0 fully saturated rings. The molecule has 3 heteroatoms. The second-order valence-electron chi connectivity index (χ2n) is 2.40. The van der Waals surface area contributed by atoms with E-state index in [2.05, 4.69) is 6.92 Å². The molecule has 0 aliphatic heterocycles. The van der Waals surface area contributed by atoms with Gasteiger partial charge in [-0.25, -0.2) is 0 Å². The third kappa shape index (κ3) is 7.88. The van der Waals surface area contributed by atoms with Crippen LogP contribution in [0.15, 0.2) is 0 Å². The Kier molecular flexibility index (Phi) is 6.66. The molecule has 0 spiro atoms. The smallest absolute Gasteiger partial charge is 0.188 e. The molecule has 0 aromatic rings. The summed E-state index contributed by atoms with van der Waals surface area (Å²) in [6, 6.07) is 0. The standard InChI is InChI=1S/C8H16O2S/c1-4-5-6-10-8(3)11-7(2)9/h8H,4-6H2,1-3H3/t8-/m1/s1. The van der Waals surface area contributed by atoms with Gasteiger partial charge in [0.1, 0.15) is 5.44 Å². The van der Waals surface area contributed by atoms with Crippen LogP contribution in [0.5, 0.6) is 0 Å². The highest BCUT2D eigenvalue weighted by atomic mass is 32.2. The van der Waals surface area contributed by atoms with Gasteiger partial charge in [-0.05, 0) is 13.3 Å². The van der Waals surface area contributed by atoms with E-state index in [1.807, 2.05) is 6.92 Å². The van der Waals surface area contributed by atoms with Crippen LogP contribution < -0.4 is 0 Å². The maximum Gasteiger partial charge on any atom is 0.188 e. The molecule has 0 heterocycles. The van der Waals surface area contributed by atoms with Crippen LogP contribution in [-0.4, -0.2) is 17.2 Å². The summed E-state index contributed by atoms with van der Waals surface area (Å²) in [5.41, 5.74) is 0.0130. The van der Waals surface area contributed by atoms with E-state index in [4.69, 9.17) is 4.74 Å². The molecule has 66 valence electrons. The maximum absolute atomic E-state index is 10.6. The minimum absolute atomic E-state index is 0.0130. The summed E-state index contributed by atoms with van der Waals surface area (Å²) in [6.07, 6.45) is 2.21. The molecule has 2 nitrogen and oxygen atoms in total. The van der Waals surface area contributed by atoms with Gasteiger partial charge in [-0.2, -0.15) is 0 Å². The van der Waals surface area contributed by atoms with E-state index in [0.717, 1.165) is 19.4 Å². The molecular weight excluding hydrogens is 160 g/mol. The summed E-state index contributed by atoms with van der Waals surface area (Å²) < 4.78 is 5.34. The number of thioether (sulfide) groups is 1. The molecule has 0 saturated carbocycles. The second kappa shape index (κ2) is 6.68. The van der Waals surface area contributed by atoms with E-state index < -0.39 is 0 Å². The second-order valence-corrected chi connectivity index (χ2v) is 3.88. The van der Waals surface area contributed by atoms with Gasteiger partial charge in [0.2, 0.25) is 0 Å². The SMILES string of the molecule is CCCCO[C@@H](C)SC(C)=O. The van der Waals surface area contributed by atoms with E-state index in [0.29, 0.717) is 0 Å². The minimum atomic E-state index is 0.0130. The van der Waals surface area contributed by atoms with Gasteiger partial charge in [0.05, 0.1) is 0 Å². The van der Waals surface area contributed by atoms with Gasteiger partial charge in [0.15, 0.2) is 5.12 Å². The molecule has 0 aliphatic carbocycles. The fourth-order valence-corrected chi connectivity index (χ4v) is 1.29. The first-order valence-corrected chi connectivity index (χ1v) is 4.83. The molecule has 0 aliphatic rings. The molecule has 0 bridgehead atoms. The lowest BCUT2D eigenvalue weighted by molar-refractivity contribution is -0.109. The molecule has 0 N–H and O–H groups in total. The molecule has 0 amide bonds. The summed E-state index contributed by atoms with van der Waals surface area (Å²) in [7, 11) is 0. The van der Waals surface area contributed by atoms with Gasteiger partial charge in [-0.1, -0.05) is 25.1 Å². The van der Waals surface area contributed by atoms with Gasteiger partial charge in [-0.3, -0.25) is 4.79 Å². The van der Waals surface area contributed by atoms with Crippen LogP contribution >= 0.6 is 11.8 Å². The topological polar surface area (TPSA) is 26.3 Å². The average molecular weight is 176 g/mol. The lowest BCUT2D eigenvalue weighted by atomic mass is 10.4. The zero-order valence-electron chi connectivity index (χ0n) is 7.42.